The maximum absolute atomic E-state index is 13.6. The van der Waals surface area contributed by atoms with Crippen molar-refractivity contribution in [2.45, 2.75) is 51.2 Å². The van der Waals surface area contributed by atoms with Crippen LogP contribution in [-0.4, -0.2) is 67.8 Å². The number of ether oxygens (including phenoxy) is 1. The van der Waals surface area contributed by atoms with Crippen molar-refractivity contribution in [2.24, 2.45) is 0 Å². The van der Waals surface area contributed by atoms with Crippen molar-refractivity contribution in [3.8, 4) is 5.75 Å². The molecule has 9 heteroatoms. The lowest BCUT2D eigenvalue weighted by Crippen LogP contribution is -2.48. The first-order valence-corrected chi connectivity index (χ1v) is 13.8. The van der Waals surface area contributed by atoms with Gasteiger partial charge in [-0.3, -0.25) is 14.6 Å². The van der Waals surface area contributed by atoms with E-state index in [1.54, 1.807) is 0 Å². The fourth-order valence-electron chi connectivity index (χ4n) is 5.97. The van der Waals surface area contributed by atoms with E-state index in [4.69, 9.17) is 4.74 Å². The third kappa shape index (κ3) is 5.08. The van der Waals surface area contributed by atoms with Crippen LogP contribution < -0.4 is 10.3 Å². The Morgan fingerprint density at radius 3 is 2.58 bits per heavy atom. The smallest absolute Gasteiger partial charge is 0.253 e. The van der Waals surface area contributed by atoms with Gasteiger partial charge in [-0.1, -0.05) is 43.2 Å². The number of pyridine rings is 1. The standard InChI is InChI=1S/C29H35N7O2/c1-2-38-24-12-13-26-22(18-24)19-25(29(37)30-26)27(28-31-32-33-36(28)23-10-6-7-11-23)35-16-14-34(15-17-35)20-21-8-4-3-5-9-21/h3-5,8-9,12-13,18-19,23,27H,2,6-7,10-11,14-17,20H2,1H3,(H,30,37)/t27-/m1/s1. The molecule has 9 nitrogen and oxygen atoms in total. The van der Waals surface area contributed by atoms with Crippen LogP contribution in [0.3, 0.4) is 0 Å². The summed E-state index contributed by atoms with van der Waals surface area (Å²) in [6, 6.07) is 18.3. The van der Waals surface area contributed by atoms with E-state index in [0.29, 0.717) is 12.2 Å². The molecule has 0 unspecified atom stereocenters. The molecule has 198 valence electrons. The lowest BCUT2D eigenvalue weighted by atomic mass is 10.0. The molecule has 3 heterocycles. The maximum Gasteiger partial charge on any atom is 0.253 e. The van der Waals surface area contributed by atoms with E-state index in [2.05, 4.69) is 60.6 Å². The summed E-state index contributed by atoms with van der Waals surface area (Å²) in [5, 5.41) is 14.0. The van der Waals surface area contributed by atoms with E-state index in [1.807, 2.05) is 35.9 Å². The van der Waals surface area contributed by atoms with Crippen LogP contribution in [0.4, 0.5) is 0 Å². The van der Waals surface area contributed by atoms with Gasteiger partial charge in [0.1, 0.15) is 11.8 Å². The Bertz CT molecular complexity index is 1420. The van der Waals surface area contributed by atoms with Gasteiger partial charge >= 0.3 is 0 Å². The average Bonchev–Trinajstić information content (AvgIpc) is 3.64. The molecule has 0 spiro atoms. The summed E-state index contributed by atoms with van der Waals surface area (Å²) in [6.07, 6.45) is 4.51. The van der Waals surface area contributed by atoms with Crippen molar-refractivity contribution in [3.05, 3.63) is 81.9 Å². The van der Waals surface area contributed by atoms with Crippen LogP contribution in [0.5, 0.6) is 5.75 Å². The highest BCUT2D eigenvalue weighted by Gasteiger charge is 2.34. The molecule has 4 aromatic rings. The van der Waals surface area contributed by atoms with Gasteiger partial charge in [-0.15, -0.1) is 5.10 Å². The highest BCUT2D eigenvalue weighted by Crippen LogP contribution is 2.34. The molecule has 0 bridgehead atoms. The van der Waals surface area contributed by atoms with Gasteiger partial charge in [0.05, 0.1) is 12.6 Å². The fraction of sp³-hybridized carbons (Fsp3) is 0.448. The zero-order valence-corrected chi connectivity index (χ0v) is 21.9. The fourth-order valence-corrected chi connectivity index (χ4v) is 5.97. The van der Waals surface area contributed by atoms with E-state index in [-0.39, 0.29) is 17.6 Å². The Hall–Kier alpha value is -3.56. The third-order valence-corrected chi connectivity index (χ3v) is 7.90. The number of nitrogens with zero attached hydrogens (tertiary/aromatic N) is 6. The van der Waals surface area contributed by atoms with Crippen molar-refractivity contribution >= 4 is 10.9 Å². The molecule has 2 aromatic carbocycles. The average molecular weight is 514 g/mol. The van der Waals surface area contributed by atoms with Gasteiger partial charge in [0.15, 0.2) is 5.82 Å². The number of hydrogen-bond donors (Lipinski definition) is 1. The summed E-state index contributed by atoms with van der Waals surface area (Å²) in [4.78, 5) is 21.5. The Labute approximate surface area is 222 Å². The number of tetrazole rings is 1. The summed E-state index contributed by atoms with van der Waals surface area (Å²) in [5.41, 5.74) is 2.69. The maximum atomic E-state index is 13.6. The predicted octanol–water partition coefficient (Wildman–Crippen LogP) is 3.94. The van der Waals surface area contributed by atoms with Crippen molar-refractivity contribution in [1.82, 2.24) is 35.0 Å². The summed E-state index contributed by atoms with van der Waals surface area (Å²) < 4.78 is 7.73. The Balaban J connectivity index is 1.35. The topological polar surface area (TPSA) is 92.2 Å². The molecule has 1 aliphatic heterocycles. The van der Waals surface area contributed by atoms with Crippen LogP contribution in [0.2, 0.25) is 0 Å². The van der Waals surface area contributed by atoms with E-state index < -0.39 is 0 Å². The summed E-state index contributed by atoms with van der Waals surface area (Å²) in [6.45, 7) is 6.96. The quantitative estimate of drug-likeness (QED) is 0.382. The largest absolute Gasteiger partial charge is 0.494 e. The predicted molar refractivity (Wildman–Crippen MR) is 146 cm³/mol. The van der Waals surface area contributed by atoms with Gasteiger partial charge in [-0.2, -0.15) is 0 Å². The molecule has 1 saturated carbocycles. The van der Waals surface area contributed by atoms with Crippen molar-refractivity contribution in [1.29, 1.82) is 0 Å². The van der Waals surface area contributed by atoms with Gasteiger partial charge in [0, 0.05) is 49.2 Å². The SMILES string of the molecule is CCOc1ccc2[nH]c(=O)c([C@H](c3nnnn3C3CCCC3)N3CCN(Cc4ccccc4)CC3)cc2c1. The normalized spacial score (nSPS) is 18.2. The molecular formula is C29H35N7O2. The number of aromatic nitrogens is 5. The van der Waals surface area contributed by atoms with E-state index in [9.17, 15) is 4.79 Å². The zero-order valence-electron chi connectivity index (χ0n) is 21.9. The highest BCUT2D eigenvalue weighted by atomic mass is 16.5. The Morgan fingerprint density at radius 1 is 1.03 bits per heavy atom. The number of piperazine rings is 1. The van der Waals surface area contributed by atoms with E-state index >= 15 is 0 Å². The van der Waals surface area contributed by atoms with Crippen molar-refractivity contribution in [3.63, 3.8) is 0 Å². The van der Waals surface area contributed by atoms with Gasteiger partial charge in [0.25, 0.3) is 5.56 Å². The molecule has 2 fully saturated rings. The van der Waals surface area contributed by atoms with Crippen LogP contribution >= 0.6 is 0 Å². The molecule has 1 aliphatic carbocycles. The van der Waals surface area contributed by atoms with Gasteiger partial charge in [-0.25, -0.2) is 4.68 Å². The Kier molecular flexibility index (Phi) is 7.20. The van der Waals surface area contributed by atoms with Gasteiger partial charge in [-0.05, 0) is 60.0 Å². The van der Waals surface area contributed by atoms with Crippen molar-refractivity contribution < 1.29 is 4.74 Å². The molecule has 1 atom stereocenters. The number of benzene rings is 2. The van der Waals surface area contributed by atoms with E-state index in [1.165, 1.54) is 18.4 Å². The van der Waals surface area contributed by atoms with Gasteiger partial charge < -0.3 is 9.72 Å². The first-order valence-electron chi connectivity index (χ1n) is 13.8. The van der Waals surface area contributed by atoms with Crippen LogP contribution in [0.15, 0.2) is 59.4 Å². The van der Waals surface area contributed by atoms with Crippen LogP contribution in [0.25, 0.3) is 10.9 Å². The molecule has 0 radical (unpaired) electrons. The Morgan fingerprint density at radius 2 is 1.82 bits per heavy atom. The minimum Gasteiger partial charge on any atom is -0.494 e. The molecule has 2 aromatic heterocycles. The second kappa shape index (κ2) is 11.0. The minimum atomic E-state index is -0.326. The van der Waals surface area contributed by atoms with E-state index in [0.717, 1.165) is 68.0 Å². The molecule has 1 saturated heterocycles. The molecular weight excluding hydrogens is 478 g/mol. The molecule has 0 amide bonds. The van der Waals surface area contributed by atoms with Gasteiger partial charge in [0.2, 0.25) is 0 Å². The first kappa shape index (κ1) is 24.8. The molecule has 38 heavy (non-hydrogen) atoms. The van der Waals surface area contributed by atoms with Crippen LogP contribution in [0, 0.1) is 0 Å². The number of rotatable bonds is 8. The zero-order chi connectivity index (χ0) is 25.9. The van der Waals surface area contributed by atoms with Crippen molar-refractivity contribution in [2.75, 3.05) is 32.8 Å². The highest BCUT2D eigenvalue weighted by molar-refractivity contribution is 5.80. The lowest BCUT2D eigenvalue weighted by Gasteiger charge is -2.39. The monoisotopic (exact) mass is 513 g/mol. The molecule has 6 rings (SSSR count). The molecule has 1 N–H and O–H groups in total. The summed E-state index contributed by atoms with van der Waals surface area (Å²) in [7, 11) is 0. The number of aromatic amines is 1. The molecule has 2 aliphatic rings. The van der Waals surface area contributed by atoms with Crippen LogP contribution in [0.1, 0.15) is 61.6 Å². The number of fused-ring (bicyclic) bond motifs is 1. The number of H-pyrrole nitrogens is 1. The summed E-state index contributed by atoms with van der Waals surface area (Å²) in [5.74, 6) is 1.55. The first-order chi connectivity index (χ1) is 18.7. The van der Waals surface area contributed by atoms with Crippen LogP contribution in [-0.2, 0) is 6.54 Å². The third-order valence-electron chi connectivity index (χ3n) is 7.90. The second-order valence-corrected chi connectivity index (χ2v) is 10.4. The second-order valence-electron chi connectivity index (χ2n) is 10.4. The number of hydrogen-bond acceptors (Lipinski definition) is 7. The lowest BCUT2D eigenvalue weighted by molar-refractivity contribution is 0.0989. The summed E-state index contributed by atoms with van der Waals surface area (Å²) >= 11 is 0. The number of nitrogens with one attached hydrogen (secondary N) is 1. The minimum absolute atomic E-state index is 0.0978.